The molecule has 1 aliphatic rings. The van der Waals surface area contributed by atoms with Crippen LogP contribution in [0.15, 0.2) is 60.8 Å². The molecule has 146 valence electrons. The second kappa shape index (κ2) is 7.89. The summed E-state index contributed by atoms with van der Waals surface area (Å²) >= 11 is 0. The fraction of sp³-hybridized carbons (Fsp3) is 0.0952. The number of carbonyl (C=O) groups is 2. The molecular weight excluding hydrogens is 374 g/mol. The number of benzene rings is 2. The number of fused-ring (bicyclic) bond motifs is 1. The summed E-state index contributed by atoms with van der Waals surface area (Å²) in [6.07, 6.45) is 1.54. The first kappa shape index (κ1) is 18.3. The predicted molar refractivity (Wildman–Crippen MR) is 106 cm³/mol. The molecule has 1 aromatic heterocycles. The Balaban J connectivity index is 1.45. The largest absolute Gasteiger partial charge is 0.465 e. The molecular formula is C21H17N3O5. The lowest BCUT2D eigenvalue weighted by Crippen LogP contribution is -2.12. The average molecular weight is 391 g/mol. The summed E-state index contributed by atoms with van der Waals surface area (Å²) in [5, 5.41) is 5.93. The number of hydrogen-bond acceptors (Lipinski definition) is 7. The van der Waals surface area contributed by atoms with Crippen molar-refractivity contribution in [1.29, 1.82) is 0 Å². The van der Waals surface area contributed by atoms with Crippen molar-refractivity contribution < 1.29 is 23.8 Å². The molecule has 0 spiro atoms. The van der Waals surface area contributed by atoms with E-state index in [1.807, 2.05) is 0 Å². The topological polar surface area (TPSA) is 98.8 Å². The molecule has 29 heavy (non-hydrogen) atoms. The van der Waals surface area contributed by atoms with Crippen molar-refractivity contribution in [2.75, 3.05) is 24.5 Å². The summed E-state index contributed by atoms with van der Waals surface area (Å²) in [5.41, 5.74) is 2.21. The molecule has 4 rings (SSSR count). The van der Waals surface area contributed by atoms with Crippen molar-refractivity contribution in [2.24, 2.45) is 0 Å². The Morgan fingerprint density at radius 1 is 0.931 bits per heavy atom. The van der Waals surface area contributed by atoms with Crippen molar-refractivity contribution in [3.8, 4) is 11.5 Å². The highest BCUT2D eigenvalue weighted by Crippen LogP contribution is 2.34. The molecule has 8 heteroatoms. The third kappa shape index (κ3) is 4.11. The maximum absolute atomic E-state index is 12.6. The SMILES string of the molecule is COC(=O)c1ccc(Nc2cc(C(=O)Nc3ccc4c(c3)OCO4)ccn2)cc1. The van der Waals surface area contributed by atoms with E-state index in [1.54, 1.807) is 60.8 Å². The molecule has 8 nitrogen and oxygen atoms in total. The minimum atomic E-state index is -0.406. The molecule has 2 N–H and O–H groups in total. The first-order valence-corrected chi connectivity index (χ1v) is 8.75. The van der Waals surface area contributed by atoms with Gasteiger partial charge < -0.3 is 24.8 Å². The number of nitrogens with one attached hydrogen (secondary N) is 2. The lowest BCUT2D eigenvalue weighted by molar-refractivity contribution is 0.0600. The Hall–Kier alpha value is -4.07. The van der Waals surface area contributed by atoms with Gasteiger partial charge in [0.15, 0.2) is 11.5 Å². The number of methoxy groups -OCH3 is 1. The highest BCUT2D eigenvalue weighted by Gasteiger charge is 2.15. The van der Waals surface area contributed by atoms with Crippen LogP contribution in [0.5, 0.6) is 11.5 Å². The summed E-state index contributed by atoms with van der Waals surface area (Å²) in [6, 6.07) is 15.2. The van der Waals surface area contributed by atoms with E-state index in [0.717, 1.165) is 5.69 Å². The number of amides is 1. The van der Waals surface area contributed by atoms with E-state index in [0.29, 0.717) is 34.1 Å². The van der Waals surface area contributed by atoms with Crippen molar-refractivity contribution >= 4 is 29.1 Å². The average Bonchev–Trinajstić information content (AvgIpc) is 3.22. The maximum Gasteiger partial charge on any atom is 0.337 e. The lowest BCUT2D eigenvalue weighted by Gasteiger charge is -2.09. The first-order chi connectivity index (χ1) is 14.1. The molecule has 0 atom stereocenters. The lowest BCUT2D eigenvalue weighted by atomic mass is 10.2. The van der Waals surface area contributed by atoms with E-state index in [9.17, 15) is 9.59 Å². The molecule has 0 saturated carbocycles. The van der Waals surface area contributed by atoms with Gasteiger partial charge in [0.05, 0.1) is 12.7 Å². The van der Waals surface area contributed by atoms with E-state index in [2.05, 4.69) is 20.4 Å². The monoisotopic (exact) mass is 391 g/mol. The van der Waals surface area contributed by atoms with Gasteiger partial charge in [0.25, 0.3) is 5.91 Å². The van der Waals surface area contributed by atoms with Crippen LogP contribution in [-0.4, -0.2) is 30.8 Å². The fourth-order valence-corrected chi connectivity index (χ4v) is 2.77. The van der Waals surface area contributed by atoms with E-state index < -0.39 is 5.97 Å². The number of hydrogen-bond donors (Lipinski definition) is 2. The van der Waals surface area contributed by atoms with Crippen molar-refractivity contribution in [1.82, 2.24) is 4.98 Å². The zero-order chi connectivity index (χ0) is 20.2. The number of anilines is 3. The maximum atomic E-state index is 12.6. The van der Waals surface area contributed by atoms with Crippen LogP contribution in [0, 0.1) is 0 Å². The molecule has 1 aliphatic heterocycles. The number of ether oxygens (including phenoxy) is 3. The Labute approximate surface area is 166 Å². The zero-order valence-corrected chi connectivity index (χ0v) is 15.5. The van der Waals surface area contributed by atoms with Crippen LogP contribution in [0.2, 0.25) is 0 Å². The number of nitrogens with zero attached hydrogens (tertiary/aromatic N) is 1. The standard InChI is InChI=1S/C21H17N3O5/c1-27-21(26)13-2-4-15(5-3-13)23-19-10-14(8-9-22-19)20(25)24-16-6-7-17-18(11-16)29-12-28-17/h2-11H,12H2,1H3,(H,22,23)(H,24,25). The minimum absolute atomic E-state index is 0.173. The van der Waals surface area contributed by atoms with Crippen LogP contribution in [0.3, 0.4) is 0 Å². The first-order valence-electron chi connectivity index (χ1n) is 8.75. The fourth-order valence-electron chi connectivity index (χ4n) is 2.77. The van der Waals surface area contributed by atoms with Gasteiger partial charge >= 0.3 is 5.97 Å². The number of esters is 1. The molecule has 0 radical (unpaired) electrons. The number of rotatable bonds is 5. The molecule has 0 saturated heterocycles. The number of carbonyl (C=O) groups excluding carboxylic acids is 2. The van der Waals surface area contributed by atoms with Gasteiger partial charge in [0, 0.05) is 29.2 Å². The molecule has 1 amide bonds. The molecule has 3 aromatic rings. The minimum Gasteiger partial charge on any atom is -0.465 e. The Morgan fingerprint density at radius 3 is 2.48 bits per heavy atom. The van der Waals surface area contributed by atoms with Crippen molar-refractivity contribution in [3.05, 3.63) is 71.9 Å². The molecule has 0 aliphatic carbocycles. The summed E-state index contributed by atoms with van der Waals surface area (Å²) in [6.45, 7) is 0.173. The van der Waals surface area contributed by atoms with Gasteiger partial charge in [-0.1, -0.05) is 0 Å². The van der Waals surface area contributed by atoms with Gasteiger partial charge in [-0.15, -0.1) is 0 Å². The Morgan fingerprint density at radius 2 is 1.69 bits per heavy atom. The van der Waals surface area contributed by atoms with Crippen LogP contribution in [0.4, 0.5) is 17.2 Å². The quantitative estimate of drug-likeness (QED) is 0.641. The molecule has 0 unspecified atom stereocenters. The highest BCUT2D eigenvalue weighted by atomic mass is 16.7. The van der Waals surface area contributed by atoms with Crippen molar-refractivity contribution in [3.63, 3.8) is 0 Å². The van der Waals surface area contributed by atoms with Crippen LogP contribution in [-0.2, 0) is 4.74 Å². The molecule has 0 fully saturated rings. The summed E-state index contributed by atoms with van der Waals surface area (Å²) in [4.78, 5) is 28.3. The van der Waals surface area contributed by atoms with Crippen LogP contribution < -0.4 is 20.1 Å². The molecule has 2 aromatic carbocycles. The Kier molecular flexibility index (Phi) is 4.98. The second-order valence-electron chi connectivity index (χ2n) is 6.15. The summed E-state index contributed by atoms with van der Waals surface area (Å²) in [7, 11) is 1.33. The number of aromatic nitrogens is 1. The predicted octanol–water partition coefficient (Wildman–Crippen LogP) is 3.59. The van der Waals surface area contributed by atoms with E-state index in [1.165, 1.54) is 7.11 Å². The normalized spacial score (nSPS) is 11.6. The van der Waals surface area contributed by atoms with E-state index >= 15 is 0 Å². The summed E-state index contributed by atoms with van der Waals surface area (Å²) < 4.78 is 15.3. The van der Waals surface area contributed by atoms with Gasteiger partial charge in [0.1, 0.15) is 5.82 Å². The summed E-state index contributed by atoms with van der Waals surface area (Å²) in [5.74, 6) is 1.05. The smallest absolute Gasteiger partial charge is 0.337 e. The third-order valence-electron chi connectivity index (χ3n) is 4.23. The second-order valence-corrected chi connectivity index (χ2v) is 6.15. The van der Waals surface area contributed by atoms with Gasteiger partial charge in [-0.25, -0.2) is 9.78 Å². The highest BCUT2D eigenvalue weighted by molar-refractivity contribution is 6.04. The Bertz CT molecular complexity index is 1070. The van der Waals surface area contributed by atoms with Gasteiger partial charge in [0.2, 0.25) is 6.79 Å². The van der Waals surface area contributed by atoms with Crippen LogP contribution >= 0.6 is 0 Å². The number of pyridine rings is 1. The van der Waals surface area contributed by atoms with Gasteiger partial charge in [-0.05, 0) is 48.5 Å². The van der Waals surface area contributed by atoms with Gasteiger partial charge in [-0.3, -0.25) is 4.79 Å². The van der Waals surface area contributed by atoms with E-state index in [-0.39, 0.29) is 12.7 Å². The molecule has 0 bridgehead atoms. The zero-order valence-electron chi connectivity index (χ0n) is 15.5. The van der Waals surface area contributed by atoms with Crippen molar-refractivity contribution in [2.45, 2.75) is 0 Å². The van der Waals surface area contributed by atoms with E-state index in [4.69, 9.17) is 9.47 Å². The molecule has 2 heterocycles. The van der Waals surface area contributed by atoms with Crippen LogP contribution in [0.1, 0.15) is 20.7 Å². The van der Waals surface area contributed by atoms with Crippen LogP contribution in [0.25, 0.3) is 0 Å². The third-order valence-corrected chi connectivity index (χ3v) is 4.23. The van der Waals surface area contributed by atoms with Gasteiger partial charge in [-0.2, -0.15) is 0 Å².